The molecule has 0 bridgehead atoms. The number of hydrogen-bond acceptors (Lipinski definition) is 10. The molecule has 0 unspecified atom stereocenters. The van der Waals surface area contributed by atoms with Crippen LogP contribution in [0.5, 0.6) is 0 Å². The van der Waals surface area contributed by atoms with Crippen molar-refractivity contribution in [1.29, 1.82) is 5.26 Å². The Morgan fingerprint density at radius 2 is 2.05 bits per heavy atom. The number of carbonyl (C=O) groups excluding carboxylic acids is 1. The third kappa shape index (κ3) is 5.61. The van der Waals surface area contributed by atoms with Crippen molar-refractivity contribution in [2.24, 2.45) is 0 Å². The van der Waals surface area contributed by atoms with Crippen molar-refractivity contribution in [3.63, 3.8) is 0 Å². The van der Waals surface area contributed by atoms with Crippen LogP contribution in [0.15, 0.2) is 18.3 Å². The molecule has 2 fully saturated rings. The average Bonchev–Trinajstić information content (AvgIpc) is 3.38. The van der Waals surface area contributed by atoms with Crippen molar-refractivity contribution in [3.8, 4) is 6.07 Å². The number of carbonyl (C=O) groups is 1. The highest BCUT2D eigenvalue weighted by Gasteiger charge is 2.47. The molecule has 5 rings (SSSR count). The van der Waals surface area contributed by atoms with Gasteiger partial charge in [-0.2, -0.15) is 5.26 Å². The van der Waals surface area contributed by atoms with E-state index in [-0.39, 0.29) is 11.6 Å². The predicted octanol–water partition coefficient (Wildman–Crippen LogP) is 3.05. The summed E-state index contributed by atoms with van der Waals surface area (Å²) in [6.45, 7) is 4.77. The second kappa shape index (κ2) is 12.4. The number of methoxy groups -OCH3 is 3. The average molecular weight is 552 g/mol. The largest absolute Gasteiger partial charge is 0.383 e. The molecule has 40 heavy (non-hydrogen) atoms. The van der Waals surface area contributed by atoms with Gasteiger partial charge >= 0.3 is 6.03 Å². The highest BCUT2D eigenvalue weighted by Crippen LogP contribution is 2.39. The molecular weight excluding hydrogens is 514 g/mol. The second-order valence-corrected chi connectivity index (χ2v) is 10.4. The van der Waals surface area contributed by atoms with Crippen LogP contribution in [-0.4, -0.2) is 87.2 Å². The van der Waals surface area contributed by atoms with E-state index in [1.165, 1.54) is 6.20 Å². The first kappa shape index (κ1) is 28.2. The number of fused-ring (bicyclic) bond motifs is 1. The number of aromatic nitrogens is 2. The molecule has 0 radical (unpaired) electrons. The molecule has 0 aliphatic carbocycles. The molecule has 2 aromatic heterocycles. The van der Waals surface area contributed by atoms with Gasteiger partial charge in [-0.25, -0.2) is 14.8 Å². The van der Waals surface area contributed by atoms with Gasteiger partial charge in [-0.05, 0) is 49.4 Å². The molecule has 2 N–H and O–H groups in total. The molecule has 5 heterocycles. The van der Waals surface area contributed by atoms with Crippen LogP contribution in [-0.2, 0) is 31.9 Å². The van der Waals surface area contributed by atoms with Gasteiger partial charge in [0.1, 0.15) is 23.4 Å². The summed E-state index contributed by atoms with van der Waals surface area (Å²) >= 11 is 0. The molecule has 0 saturated carbocycles. The Morgan fingerprint density at radius 1 is 1.23 bits per heavy atom. The fourth-order valence-corrected chi connectivity index (χ4v) is 5.74. The summed E-state index contributed by atoms with van der Waals surface area (Å²) in [5, 5.41) is 15.5. The molecule has 214 valence electrons. The van der Waals surface area contributed by atoms with Crippen molar-refractivity contribution in [2.75, 3.05) is 76.3 Å². The monoisotopic (exact) mass is 551 g/mol. The van der Waals surface area contributed by atoms with E-state index in [9.17, 15) is 10.1 Å². The minimum Gasteiger partial charge on any atom is -0.383 e. The van der Waals surface area contributed by atoms with Crippen molar-refractivity contribution < 1.29 is 23.7 Å². The Bertz CT molecular complexity index is 1260. The Balaban J connectivity index is 1.40. The smallest absolute Gasteiger partial charge is 0.328 e. The van der Waals surface area contributed by atoms with Crippen molar-refractivity contribution in [2.45, 2.75) is 44.1 Å². The number of nitriles is 1. The molecule has 3 aliphatic rings. The number of hydrogen-bond donors (Lipinski definition) is 2. The number of pyridine rings is 2. The molecule has 0 atom stereocenters. The van der Waals surface area contributed by atoms with Crippen LogP contribution < -0.4 is 15.5 Å². The van der Waals surface area contributed by atoms with E-state index in [0.717, 1.165) is 63.1 Å². The standard InChI is InChI=1S/C28H37N7O5/c1-37-11-8-30-22-13-23(31-15-21(22)14-29)32-27(36)35-10-4-6-19-12-20(24(33-25(19)35)26(38-2)39-3)16-34-9-5-7-28(34)17-40-18-28/h12-13,15,26H,4-11,16-18H2,1-3H3,(H2,30,31,32,36). The molecule has 12 heteroatoms. The van der Waals surface area contributed by atoms with E-state index < -0.39 is 6.29 Å². The normalized spacial score (nSPS) is 17.9. The molecule has 3 aliphatic heterocycles. The van der Waals surface area contributed by atoms with E-state index in [1.807, 2.05) is 0 Å². The van der Waals surface area contributed by atoms with Crippen LogP contribution in [0.4, 0.5) is 22.1 Å². The van der Waals surface area contributed by atoms with E-state index in [1.54, 1.807) is 32.3 Å². The van der Waals surface area contributed by atoms with Crippen LogP contribution >= 0.6 is 0 Å². The lowest BCUT2D eigenvalue weighted by Crippen LogP contribution is -2.58. The number of nitrogens with one attached hydrogen (secondary N) is 2. The van der Waals surface area contributed by atoms with Gasteiger partial charge in [-0.3, -0.25) is 15.1 Å². The zero-order chi connectivity index (χ0) is 28.1. The zero-order valence-corrected chi connectivity index (χ0v) is 23.4. The third-order valence-electron chi connectivity index (χ3n) is 7.90. The lowest BCUT2D eigenvalue weighted by Gasteiger charge is -2.45. The van der Waals surface area contributed by atoms with Gasteiger partial charge in [0.2, 0.25) is 6.29 Å². The summed E-state index contributed by atoms with van der Waals surface area (Å²) < 4.78 is 21.9. The Kier molecular flexibility index (Phi) is 8.78. The van der Waals surface area contributed by atoms with Gasteiger partial charge in [0, 0.05) is 53.2 Å². The fraction of sp³-hybridized carbons (Fsp3) is 0.571. The number of anilines is 3. The lowest BCUT2D eigenvalue weighted by molar-refractivity contribution is -0.127. The quantitative estimate of drug-likeness (QED) is 0.335. The molecule has 2 aromatic rings. The molecule has 2 amide bonds. The maximum atomic E-state index is 13.5. The number of rotatable bonds is 10. The molecule has 2 saturated heterocycles. The van der Waals surface area contributed by atoms with Crippen molar-refractivity contribution in [3.05, 3.63) is 40.7 Å². The topological polar surface area (TPSA) is 134 Å². The minimum atomic E-state index is -0.663. The van der Waals surface area contributed by atoms with Gasteiger partial charge in [0.15, 0.2) is 0 Å². The molecule has 0 aromatic carbocycles. The van der Waals surface area contributed by atoms with Gasteiger partial charge in [0.25, 0.3) is 0 Å². The van der Waals surface area contributed by atoms with E-state index in [2.05, 4.69) is 32.7 Å². The highest BCUT2D eigenvalue weighted by atomic mass is 16.7. The van der Waals surface area contributed by atoms with Gasteiger partial charge < -0.3 is 24.3 Å². The predicted molar refractivity (Wildman–Crippen MR) is 148 cm³/mol. The van der Waals surface area contributed by atoms with Crippen LogP contribution in [0.3, 0.4) is 0 Å². The number of ether oxygens (including phenoxy) is 4. The summed E-state index contributed by atoms with van der Waals surface area (Å²) in [5.41, 5.74) is 3.80. The number of aryl methyl sites for hydroxylation is 1. The Morgan fingerprint density at radius 3 is 2.75 bits per heavy atom. The first-order valence-corrected chi connectivity index (χ1v) is 13.6. The summed E-state index contributed by atoms with van der Waals surface area (Å²) in [6, 6.07) is 5.59. The summed E-state index contributed by atoms with van der Waals surface area (Å²) in [4.78, 5) is 26.9. The van der Waals surface area contributed by atoms with Crippen molar-refractivity contribution in [1.82, 2.24) is 14.9 Å². The number of urea groups is 1. The number of likely N-dealkylation sites (tertiary alicyclic amines) is 1. The third-order valence-corrected chi connectivity index (χ3v) is 7.90. The number of amides is 2. The Hall–Kier alpha value is -3.34. The first-order valence-electron chi connectivity index (χ1n) is 13.6. The van der Waals surface area contributed by atoms with E-state index in [0.29, 0.717) is 48.3 Å². The molecule has 12 nitrogen and oxygen atoms in total. The zero-order valence-electron chi connectivity index (χ0n) is 23.4. The summed E-state index contributed by atoms with van der Waals surface area (Å²) in [5.74, 6) is 0.929. The fourth-order valence-electron chi connectivity index (χ4n) is 5.74. The Labute approximate surface area is 234 Å². The highest BCUT2D eigenvalue weighted by molar-refractivity contribution is 6.01. The lowest BCUT2D eigenvalue weighted by atomic mass is 9.93. The van der Waals surface area contributed by atoms with Crippen molar-refractivity contribution >= 4 is 23.4 Å². The van der Waals surface area contributed by atoms with Crippen LogP contribution in [0.2, 0.25) is 0 Å². The minimum absolute atomic E-state index is 0.111. The maximum Gasteiger partial charge on any atom is 0.328 e. The van der Waals surface area contributed by atoms with Crippen LogP contribution in [0.25, 0.3) is 0 Å². The first-order chi connectivity index (χ1) is 19.5. The van der Waals surface area contributed by atoms with Crippen LogP contribution in [0.1, 0.15) is 47.9 Å². The van der Waals surface area contributed by atoms with Gasteiger partial charge in [0.05, 0.1) is 36.6 Å². The van der Waals surface area contributed by atoms with Gasteiger partial charge in [-0.1, -0.05) is 0 Å². The maximum absolute atomic E-state index is 13.5. The molecule has 1 spiro atoms. The summed E-state index contributed by atoms with van der Waals surface area (Å²) in [7, 11) is 4.79. The summed E-state index contributed by atoms with van der Waals surface area (Å²) in [6.07, 6.45) is 4.70. The van der Waals surface area contributed by atoms with Crippen LogP contribution in [0, 0.1) is 11.3 Å². The SMILES string of the molecule is COCCNc1cc(NC(=O)N2CCCc3cc(CN4CCCC45COC5)c(C(OC)OC)nc32)ncc1C#N. The number of nitrogens with zero attached hydrogens (tertiary/aromatic N) is 5. The molecular formula is C28H37N7O5. The van der Waals surface area contributed by atoms with E-state index in [4.69, 9.17) is 23.9 Å². The second-order valence-electron chi connectivity index (χ2n) is 10.4. The van der Waals surface area contributed by atoms with Gasteiger partial charge in [-0.15, -0.1) is 0 Å². The van der Waals surface area contributed by atoms with E-state index >= 15 is 0 Å².